The third kappa shape index (κ3) is 3.92. The molecular formula is C11H19ClN4S. The molecule has 0 saturated heterocycles. The number of hydrogen-bond acceptors (Lipinski definition) is 5. The molecule has 17 heavy (non-hydrogen) atoms. The maximum atomic E-state index is 5.83. The zero-order valence-corrected chi connectivity index (χ0v) is 12.0. The van der Waals surface area contributed by atoms with E-state index in [2.05, 4.69) is 35.4 Å². The highest BCUT2D eigenvalue weighted by Gasteiger charge is 2.24. The van der Waals surface area contributed by atoms with E-state index >= 15 is 0 Å². The van der Waals surface area contributed by atoms with Crippen LogP contribution in [0.5, 0.6) is 0 Å². The topological polar surface area (TPSA) is 63.8 Å². The van der Waals surface area contributed by atoms with Crippen molar-refractivity contribution in [1.82, 2.24) is 9.97 Å². The van der Waals surface area contributed by atoms with Crippen molar-refractivity contribution in [3.05, 3.63) is 11.2 Å². The van der Waals surface area contributed by atoms with Crippen molar-refractivity contribution in [3.8, 4) is 0 Å². The van der Waals surface area contributed by atoms with E-state index in [1.54, 1.807) is 6.07 Å². The minimum absolute atomic E-state index is 0.197. The molecule has 0 aromatic carbocycles. The van der Waals surface area contributed by atoms with Crippen molar-refractivity contribution in [2.24, 2.45) is 0 Å². The predicted molar refractivity (Wildman–Crippen MR) is 76.8 cm³/mol. The highest BCUT2D eigenvalue weighted by atomic mass is 35.5. The van der Waals surface area contributed by atoms with E-state index in [0.717, 1.165) is 19.4 Å². The van der Waals surface area contributed by atoms with E-state index < -0.39 is 0 Å². The standard InChI is InChI=1S/C11H19ClN4S/c1-4-11(5-2,17-3)7-14-9-6-8(12)15-10(13)16-9/h6H,4-5,7H2,1-3H3,(H3,13,14,15,16). The fourth-order valence-corrected chi connectivity index (χ4v) is 2.62. The molecule has 0 spiro atoms. The van der Waals surface area contributed by atoms with Crippen molar-refractivity contribution in [2.75, 3.05) is 23.9 Å². The number of hydrogen-bond donors (Lipinski definition) is 2. The largest absolute Gasteiger partial charge is 0.368 e. The van der Waals surface area contributed by atoms with Crippen LogP contribution >= 0.6 is 23.4 Å². The summed E-state index contributed by atoms with van der Waals surface area (Å²) in [5.74, 6) is 0.880. The second-order valence-electron chi connectivity index (χ2n) is 3.88. The van der Waals surface area contributed by atoms with Gasteiger partial charge in [-0.05, 0) is 19.1 Å². The number of aromatic nitrogens is 2. The molecule has 0 atom stereocenters. The Morgan fingerprint density at radius 1 is 1.41 bits per heavy atom. The quantitative estimate of drug-likeness (QED) is 0.781. The summed E-state index contributed by atoms with van der Waals surface area (Å²) in [6, 6.07) is 1.69. The van der Waals surface area contributed by atoms with Crippen LogP contribution in [0.3, 0.4) is 0 Å². The molecule has 0 unspecified atom stereocenters. The van der Waals surface area contributed by atoms with Gasteiger partial charge < -0.3 is 11.1 Å². The number of nitrogens with one attached hydrogen (secondary N) is 1. The number of anilines is 2. The fourth-order valence-electron chi connectivity index (χ4n) is 1.64. The lowest BCUT2D eigenvalue weighted by Crippen LogP contribution is -2.32. The molecule has 0 amide bonds. The predicted octanol–water partition coefficient (Wildman–Crippen LogP) is 3.05. The summed E-state index contributed by atoms with van der Waals surface area (Å²) in [7, 11) is 0. The molecule has 0 aliphatic carbocycles. The number of nitrogens with zero attached hydrogens (tertiary/aromatic N) is 2. The molecule has 0 fully saturated rings. The first kappa shape index (κ1) is 14.4. The molecule has 0 aliphatic rings. The van der Waals surface area contributed by atoms with Crippen LogP contribution in [0.2, 0.25) is 5.15 Å². The van der Waals surface area contributed by atoms with Crippen molar-refractivity contribution < 1.29 is 0 Å². The normalized spacial score (nSPS) is 11.5. The molecule has 0 bridgehead atoms. The average Bonchev–Trinajstić information content (AvgIpc) is 2.30. The fraction of sp³-hybridized carbons (Fsp3) is 0.636. The van der Waals surface area contributed by atoms with Crippen molar-refractivity contribution >= 4 is 35.1 Å². The van der Waals surface area contributed by atoms with Gasteiger partial charge in [0.25, 0.3) is 0 Å². The molecule has 1 aromatic rings. The van der Waals surface area contributed by atoms with Gasteiger partial charge in [0.1, 0.15) is 11.0 Å². The summed E-state index contributed by atoms with van der Waals surface area (Å²) in [6.45, 7) is 5.24. The Morgan fingerprint density at radius 3 is 2.53 bits per heavy atom. The van der Waals surface area contributed by atoms with E-state index in [1.807, 2.05) is 11.8 Å². The smallest absolute Gasteiger partial charge is 0.223 e. The summed E-state index contributed by atoms with van der Waals surface area (Å²) >= 11 is 7.70. The van der Waals surface area contributed by atoms with E-state index in [4.69, 9.17) is 17.3 Å². The van der Waals surface area contributed by atoms with Crippen LogP contribution in [0, 0.1) is 0 Å². The number of halogens is 1. The second kappa shape index (κ2) is 6.31. The molecule has 6 heteroatoms. The van der Waals surface area contributed by atoms with Crippen LogP contribution in [0.1, 0.15) is 26.7 Å². The van der Waals surface area contributed by atoms with E-state index in [0.29, 0.717) is 11.0 Å². The van der Waals surface area contributed by atoms with Gasteiger partial charge in [0.05, 0.1) is 0 Å². The van der Waals surface area contributed by atoms with Crippen LogP contribution < -0.4 is 11.1 Å². The van der Waals surface area contributed by atoms with Gasteiger partial charge in [0, 0.05) is 17.4 Å². The minimum Gasteiger partial charge on any atom is -0.368 e. The Labute approximate surface area is 112 Å². The maximum absolute atomic E-state index is 5.83. The van der Waals surface area contributed by atoms with Gasteiger partial charge in [0.15, 0.2) is 0 Å². The Hall–Kier alpha value is -0.680. The van der Waals surface area contributed by atoms with Crippen LogP contribution in [0.25, 0.3) is 0 Å². The van der Waals surface area contributed by atoms with Crippen molar-refractivity contribution in [3.63, 3.8) is 0 Å². The Morgan fingerprint density at radius 2 is 2.06 bits per heavy atom. The van der Waals surface area contributed by atoms with E-state index in [1.165, 1.54) is 0 Å². The zero-order valence-electron chi connectivity index (χ0n) is 10.5. The molecule has 3 N–H and O–H groups in total. The number of nitrogens with two attached hydrogens (primary N) is 1. The third-order valence-corrected chi connectivity index (χ3v) is 4.81. The molecule has 1 heterocycles. The summed E-state index contributed by atoms with van der Waals surface area (Å²) in [4.78, 5) is 7.93. The van der Waals surface area contributed by atoms with Crippen LogP contribution in [-0.2, 0) is 0 Å². The number of nitrogen functional groups attached to an aromatic ring is 1. The molecule has 1 rings (SSSR count). The second-order valence-corrected chi connectivity index (χ2v) is 5.54. The van der Waals surface area contributed by atoms with Gasteiger partial charge in [-0.25, -0.2) is 4.98 Å². The third-order valence-electron chi connectivity index (χ3n) is 3.03. The maximum Gasteiger partial charge on any atom is 0.223 e. The molecule has 1 aromatic heterocycles. The van der Waals surface area contributed by atoms with Crippen LogP contribution in [-0.4, -0.2) is 27.5 Å². The van der Waals surface area contributed by atoms with Gasteiger partial charge in [-0.2, -0.15) is 16.7 Å². The van der Waals surface area contributed by atoms with Gasteiger partial charge in [0.2, 0.25) is 5.95 Å². The van der Waals surface area contributed by atoms with Crippen molar-refractivity contribution in [1.29, 1.82) is 0 Å². The highest BCUT2D eigenvalue weighted by Crippen LogP contribution is 2.30. The number of thioether (sulfide) groups is 1. The summed E-state index contributed by atoms with van der Waals surface area (Å²) in [5, 5.41) is 3.65. The molecule has 96 valence electrons. The lowest BCUT2D eigenvalue weighted by Gasteiger charge is -2.30. The van der Waals surface area contributed by atoms with Gasteiger partial charge in [-0.3, -0.25) is 0 Å². The first-order chi connectivity index (χ1) is 8.05. The average molecular weight is 275 g/mol. The summed E-state index contributed by atoms with van der Waals surface area (Å²) in [5.41, 5.74) is 5.54. The minimum atomic E-state index is 0.197. The highest BCUT2D eigenvalue weighted by molar-refractivity contribution is 8.00. The molecule has 0 saturated carbocycles. The lowest BCUT2D eigenvalue weighted by molar-refractivity contribution is 0.574. The molecule has 0 aliphatic heterocycles. The van der Waals surface area contributed by atoms with Gasteiger partial charge >= 0.3 is 0 Å². The molecule has 4 nitrogen and oxygen atoms in total. The van der Waals surface area contributed by atoms with Gasteiger partial charge in [-0.15, -0.1) is 0 Å². The number of rotatable bonds is 6. The van der Waals surface area contributed by atoms with Crippen LogP contribution in [0.15, 0.2) is 6.07 Å². The summed E-state index contributed by atoms with van der Waals surface area (Å²) < 4.78 is 0.228. The SMILES string of the molecule is CCC(CC)(CNc1cc(Cl)nc(N)n1)SC. The summed E-state index contributed by atoms with van der Waals surface area (Å²) in [6.07, 6.45) is 4.34. The first-order valence-electron chi connectivity index (χ1n) is 5.64. The zero-order chi connectivity index (χ0) is 12.9. The Balaban J connectivity index is 2.71. The molecule has 0 radical (unpaired) electrons. The van der Waals surface area contributed by atoms with Crippen LogP contribution in [0.4, 0.5) is 11.8 Å². The Kier molecular flexibility index (Phi) is 5.33. The molecular weight excluding hydrogens is 256 g/mol. The van der Waals surface area contributed by atoms with Gasteiger partial charge in [-0.1, -0.05) is 25.4 Å². The Bertz CT molecular complexity index is 340. The first-order valence-corrected chi connectivity index (χ1v) is 7.24. The lowest BCUT2D eigenvalue weighted by atomic mass is 10.0. The monoisotopic (exact) mass is 274 g/mol. The van der Waals surface area contributed by atoms with E-state index in [-0.39, 0.29) is 10.7 Å². The van der Waals surface area contributed by atoms with Crippen molar-refractivity contribution in [2.45, 2.75) is 31.4 Å². The van der Waals surface area contributed by atoms with E-state index in [9.17, 15) is 0 Å².